The SMILES string of the molecule is O=C(Nc1ccc(CC2CNc3ccc(COCNc4ccccc4)cc32)cc1)[C]1C=CC=CC=C1. The Morgan fingerprint density at radius 1 is 0.861 bits per heavy atom. The highest BCUT2D eigenvalue weighted by Gasteiger charge is 2.23. The molecule has 0 fully saturated rings. The van der Waals surface area contributed by atoms with E-state index in [0.29, 0.717) is 25.2 Å². The molecule has 3 aromatic rings. The monoisotopic (exact) mass is 476 g/mol. The van der Waals surface area contributed by atoms with Crippen molar-refractivity contribution < 1.29 is 9.53 Å². The number of benzene rings is 3. The van der Waals surface area contributed by atoms with Gasteiger partial charge in [-0.3, -0.25) is 4.79 Å². The van der Waals surface area contributed by atoms with Crippen LogP contribution in [0.4, 0.5) is 17.1 Å². The molecule has 0 aromatic heterocycles. The first kappa shape index (κ1) is 23.6. The van der Waals surface area contributed by atoms with Gasteiger partial charge in [-0.25, -0.2) is 0 Å². The van der Waals surface area contributed by atoms with Gasteiger partial charge in [0.05, 0.1) is 6.61 Å². The van der Waals surface area contributed by atoms with Gasteiger partial charge in [-0.2, -0.15) is 0 Å². The number of hydrogen-bond donors (Lipinski definition) is 3. The van der Waals surface area contributed by atoms with Crippen molar-refractivity contribution in [2.24, 2.45) is 0 Å². The fourth-order valence-electron chi connectivity index (χ4n) is 4.45. The Labute approximate surface area is 212 Å². The Balaban J connectivity index is 1.15. The molecule has 1 atom stereocenters. The van der Waals surface area contributed by atoms with Crippen molar-refractivity contribution in [3.05, 3.63) is 132 Å². The van der Waals surface area contributed by atoms with Crippen LogP contribution in [-0.2, 0) is 22.6 Å². The van der Waals surface area contributed by atoms with E-state index in [1.807, 2.05) is 78.9 Å². The number of carbonyl (C=O) groups excluding carboxylic acids is 1. The summed E-state index contributed by atoms with van der Waals surface area (Å²) in [6.45, 7) is 1.95. The molecule has 1 radical (unpaired) electrons. The molecule has 1 amide bonds. The van der Waals surface area contributed by atoms with E-state index in [1.165, 1.54) is 22.4 Å². The number of allylic oxidation sites excluding steroid dienone is 4. The maximum atomic E-state index is 12.5. The number of amides is 1. The van der Waals surface area contributed by atoms with Crippen LogP contribution in [0.15, 0.2) is 109 Å². The second-order valence-electron chi connectivity index (χ2n) is 8.95. The fourth-order valence-corrected chi connectivity index (χ4v) is 4.45. The highest BCUT2D eigenvalue weighted by molar-refractivity contribution is 6.04. The second-order valence-corrected chi connectivity index (χ2v) is 8.95. The topological polar surface area (TPSA) is 62.4 Å². The van der Waals surface area contributed by atoms with Crippen molar-refractivity contribution >= 4 is 23.0 Å². The zero-order valence-corrected chi connectivity index (χ0v) is 20.1. The zero-order chi connectivity index (χ0) is 24.6. The highest BCUT2D eigenvalue weighted by atomic mass is 16.5. The minimum atomic E-state index is -0.110. The molecule has 3 aromatic carbocycles. The van der Waals surface area contributed by atoms with Gasteiger partial charge < -0.3 is 20.7 Å². The molecule has 3 N–H and O–H groups in total. The zero-order valence-electron chi connectivity index (χ0n) is 20.1. The van der Waals surface area contributed by atoms with E-state index in [2.05, 4.69) is 46.3 Å². The van der Waals surface area contributed by atoms with Gasteiger partial charge in [0.25, 0.3) is 0 Å². The van der Waals surface area contributed by atoms with Gasteiger partial charge in [-0.1, -0.05) is 78.9 Å². The molecular formula is C31H30N3O2. The summed E-state index contributed by atoms with van der Waals surface area (Å²) in [6.07, 6.45) is 12.1. The summed E-state index contributed by atoms with van der Waals surface area (Å²) in [5.74, 6) is 0.919. The van der Waals surface area contributed by atoms with Gasteiger partial charge in [0.2, 0.25) is 5.91 Å². The summed E-state index contributed by atoms with van der Waals surface area (Å²) < 4.78 is 5.85. The molecule has 5 nitrogen and oxygen atoms in total. The van der Waals surface area contributed by atoms with Crippen LogP contribution in [0.25, 0.3) is 0 Å². The lowest BCUT2D eigenvalue weighted by Crippen LogP contribution is -2.17. The van der Waals surface area contributed by atoms with Crippen LogP contribution < -0.4 is 16.0 Å². The third-order valence-corrected chi connectivity index (χ3v) is 6.36. The number of carbonyl (C=O) groups is 1. The smallest absolute Gasteiger partial charge is 0.240 e. The molecule has 0 saturated heterocycles. The number of para-hydroxylation sites is 1. The van der Waals surface area contributed by atoms with Crippen LogP contribution in [0, 0.1) is 5.92 Å². The van der Waals surface area contributed by atoms with Gasteiger partial charge in [0.1, 0.15) is 12.6 Å². The van der Waals surface area contributed by atoms with Crippen molar-refractivity contribution in [3.8, 4) is 0 Å². The van der Waals surface area contributed by atoms with Crippen molar-refractivity contribution in [1.29, 1.82) is 0 Å². The highest BCUT2D eigenvalue weighted by Crippen LogP contribution is 2.35. The molecule has 1 unspecified atom stereocenters. The van der Waals surface area contributed by atoms with Gasteiger partial charge in [0, 0.05) is 29.5 Å². The van der Waals surface area contributed by atoms with Crippen LogP contribution in [0.1, 0.15) is 22.6 Å². The minimum Gasteiger partial charge on any atom is -0.384 e. The second kappa shape index (κ2) is 11.6. The standard InChI is InChI=1S/C31H30N3O2/c35-31(25-8-4-1-2-5-9-25)34-28-15-12-23(13-16-28)18-26-20-32-30-17-14-24(19-29(26)30)21-36-22-33-27-10-6-3-7-11-27/h1-17,19,26,32-33H,18,20-22H2,(H,34,35). The Kier molecular flexibility index (Phi) is 7.59. The maximum Gasteiger partial charge on any atom is 0.240 e. The largest absolute Gasteiger partial charge is 0.384 e. The molecule has 36 heavy (non-hydrogen) atoms. The Morgan fingerprint density at radius 2 is 1.61 bits per heavy atom. The van der Waals surface area contributed by atoms with Crippen molar-refractivity contribution in [2.45, 2.75) is 18.9 Å². The van der Waals surface area contributed by atoms with Gasteiger partial charge in [-0.05, 0) is 53.4 Å². The molecule has 1 aliphatic heterocycles. The first-order chi connectivity index (χ1) is 17.7. The van der Waals surface area contributed by atoms with Gasteiger partial charge >= 0.3 is 0 Å². The number of rotatable bonds is 9. The van der Waals surface area contributed by atoms with E-state index in [-0.39, 0.29) is 5.91 Å². The lowest BCUT2D eigenvalue weighted by molar-refractivity contribution is -0.113. The van der Waals surface area contributed by atoms with Crippen LogP contribution in [0.2, 0.25) is 0 Å². The molecule has 0 spiro atoms. The van der Waals surface area contributed by atoms with Crippen LogP contribution >= 0.6 is 0 Å². The number of fused-ring (bicyclic) bond motifs is 1. The molecule has 1 heterocycles. The molecule has 2 aliphatic rings. The predicted octanol–water partition coefficient (Wildman–Crippen LogP) is 6.22. The molecule has 0 bridgehead atoms. The number of ether oxygens (including phenoxy) is 1. The first-order valence-corrected chi connectivity index (χ1v) is 12.3. The van der Waals surface area contributed by atoms with Crippen LogP contribution in [0.5, 0.6) is 0 Å². The quantitative estimate of drug-likeness (QED) is 0.253. The van der Waals surface area contributed by atoms with E-state index < -0.39 is 0 Å². The Hall–Kier alpha value is -4.09. The first-order valence-electron chi connectivity index (χ1n) is 12.3. The summed E-state index contributed by atoms with van der Waals surface area (Å²) in [5.41, 5.74) is 6.80. The average molecular weight is 477 g/mol. The Morgan fingerprint density at radius 3 is 2.39 bits per heavy atom. The third-order valence-electron chi connectivity index (χ3n) is 6.36. The summed E-state index contributed by atoms with van der Waals surface area (Å²) in [4.78, 5) is 12.5. The fraction of sp³-hybridized carbons (Fsp3) is 0.161. The summed E-state index contributed by atoms with van der Waals surface area (Å²) in [7, 11) is 0. The van der Waals surface area contributed by atoms with Gasteiger partial charge in [0.15, 0.2) is 0 Å². The van der Waals surface area contributed by atoms with Crippen molar-refractivity contribution in [1.82, 2.24) is 0 Å². The normalized spacial score (nSPS) is 16.3. The van der Waals surface area contributed by atoms with Crippen LogP contribution in [0.3, 0.4) is 0 Å². The summed E-state index contributed by atoms with van der Waals surface area (Å²) in [6, 6.07) is 24.7. The minimum absolute atomic E-state index is 0.110. The Bertz CT molecular complexity index is 1250. The number of anilines is 3. The van der Waals surface area contributed by atoms with Crippen molar-refractivity contribution in [3.63, 3.8) is 0 Å². The van der Waals surface area contributed by atoms with Crippen LogP contribution in [-0.4, -0.2) is 19.2 Å². The summed E-state index contributed by atoms with van der Waals surface area (Å²) >= 11 is 0. The maximum absolute atomic E-state index is 12.5. The number of nitrogens with one attached hydrogen (secondary N) is 3. The molecule has 1 aliphatic carbocycles. The summed E-state index contributed by atoms with van der Waals surface area (Å²) in [5, 5.41) is 9.79. The molecule has 5 heteroatoms. The third kappa shape index (κ3) is 6.12. The lowest BCUT2D eigenvalue weighted by atomic mass is 9.92. The molecule has 181 valence electrons. The predicted molar refractivity (Wildman–Crippen MR) is 147 cm³/mol. The molecule has 5 rings (SSSR count). The van der Waals surface area contributed by atoms with E-state index in [1.54, 1.807) is 0 Å². The van der Waals surface area contributed by atoms with E-state index in [0.717, 1.165) is 24.3 Å². The molecular weight excluding hydrogens is 446 g/mol. The van der Waals surface area contributed by atoms with Crippen molar-refractivity contribution in [2.75, 3.05) is 29.2 Å². The average Bonchev–Trinajstić information content (AvgIpc) is 3.11. The molecule has 0 saturated carbocycles. The van der Waals surface area contributed by atoms with Gasteiger partial charge in [-0.15, -0.1) is 0 Å². The van der Waals surface area contributed by atoms with E-state index in [9.17, 15) is 4.79 Å². The van der Waals surface area contributed by atoms with E-state index in [4.69, 9.17) is 4.74 Å². The van der Waals surface area contributed by atoms with E-state index >= 15 is 0 Å². The number of hydrogen-bond acceptors (Lipinski definition) is 4. The lowest BCUT2D eigenvalue weighted by Gasteiger charge is -2.13.